The van der Waals surface area contributed by atoms with Crippen molar-refractivity contribution in [1.82, 2.24) is 10.5 Å². The third-order valence-corrected chi connectivity index (χ3v) is 3.35. The summed E-state index contributed by atoms with van der Waals surface area (Å²) in [5.74, 6) is 0.333. The van der Waals surface area contributed by atoms with Gasteiger partial charge in [0.05, 0.1) is 6.20 Å². The molecule has 5 heteroatoms. The summed E-state index contributed by atoms with van der Waals surface area (Å²) in [6.07, 6.45) is 2.47. The lowest BCUT2D eigenvalue weighted by molar-refractivity contribution is 0.102. The Morgan fingerprint density at radius 3 is 3.11 bits per heavy atom. The van der Waals surface area contributed by atoms with Gasteiger partial charge in [0.1, 0.15) is 11.3 Å². The van der Waals surface area contributed by atoms with E-state index < -0.39 is 0 Å². The maximum atomic E-state index is 12.0. The Hall–Kier alpha value is -2.14. The van der Waals surface area contributed by atoms with Crippen LogP contribution in [0.4, 0.5) is 5.69 Å². The topological polar surface area (TPSA) is 67.2 Å². The van der Waals surface area contributed by atoms with Gasteiger partial charge in [-0.2, -0.15) is 0 Å². The quantitative estimate of drug-likeness (QED) is 0.862. The van der Waals surface area contributed by atoms with E-state index in [0.717, 1.165) is 25.2 Å². The summed E-state index contributed by atoms with van der Waals surface area (Å²) >= 11 is 0. The molecule has 0 fully saturated rings. The molecule has 1 amide bonds. The van der Waals surface area contributed by atoms with Crippen LogP contribution in [0.15, 0.2) is 28.9 Å². The van der Waals surface area contributed by atoms with Crippen LogP contribution < -0.4 is 10.6 Å². The van der Waals surface area contributed by atoms with E-state index in [1.165, 1.54) is 17.3 Å². The van der Waals surface area contributed by atoms with Crippen LogP contribution in [0.3, 0.4) is 0 Å². The van der Waals surface area contributed by atoms with Crippen LogP contribution in [-0.4, -0.2) is 17.6 Å². The van der Waals surface area contributed by atoms with Crippen molar-refractivity contribution in [2.24, 2.45) is 0 Å². The Bertz CT molecular complexity index is 619. The molecule has 1 aliphatic heterocycles. The molecule has 1 aromatic heterocycles. The van der Waals surface area contributed by atoms with Crippen LogP contribution in [0.25, 0.3) is 0 Å². The molecule has 1 aromatic carbocycles. The zero-order valence-corrected chi connectivity index (χ0v) is 10.7. The number of rotatable bonds is 2. The fourth-order valence-corrected chi connectivity index (χ4v) is 2.27. The van der Waals surface area contributed by atoms with Gasteiger partial charge < -0.3 is 15.2 Å². The van der Waals surface area contributed by atoms with Crippen molar-refractivity contribution in [3.8, 4) is 0 Å². The molecule has 98 valence electrons. The number of fused-ring (bicyclic) bond motifs is 1. The Kier molecular flexibility index (Phi) is 3.05. The van der Waals surface area contributed by atoms with Crippen LogP contribution >= 0.6 is 0 Å². The van der Waals surface area contributed by atoms with Crippen molar-refractivity contribution in [1.29, 1.82) is 0 Å². The average molecular weight is 257 g/mol. The summed E-state index contributed by atoms with van der Waals surface area (Å²) in [6.45, 7) is 3.59. The van der Waals surface area contributed by atoms with Gasteiger partial charge in [0.15, 0.2) is 0 Å². The van der Waals surface area contributed by atoms with Crippen LogP contribution in [0.2, 0.25) is 0 Å². The van der Waals surface area contributed by atoms with Gasteiger partial charge in [-0.25, -0.2) is 0 Å². The molecule has 0 spiro atoms. The van der Waals surface area contributed by atoms with Gasteiger partial charge in [0, 0.05) is 12.2 Å². The molecule has 0 aliphatic carbocycles. The number of benzene rings is 1. The first-order valence-corrected chi connectivity index (χ1v) is 6.29. The van der Waals surface area contributed by atoms with Gasteiger partial charge in [0.2, 0.25) is 0 Å². The number of anilines is 1. The normalized spacial score (nSPS) is 13.9. The van der Waals surface area contributed by atoms with Crippen LogP contribution in [0.1, 0.15) is 27.2 Å². The molecular formula is C14H15N3O2. The summed E-state index contributed by atoms with van der Waals surface area (Å²) in [6, 6.07) is 6.03. The highest BCUT2D eigenvalue weighted by Crippen LogP contribution is 2.20. The zero-order valence-electron chi connectivity index (χ0n) is 10.7. The number of nitrogens with zero attached hydrogens (tertiary/aromatic N) is 1. The molecule has 0 unspecified atom stereocenters. The lowest BCUT2D eigenvalue weighted by Crippen LogP contribution is -2.23. The third-order valence-electron chi connectivity index (χ3n) is 3.35. The van der Waals surface area contributed by atoms with E-state index in [0.29, 0.717) is 11.3 Å². The number of hydrogen-bond acceptors (Lipinski definition) is 4. The van der Waals surface area contributed by atoms with Crippen molar-refractivity contribution in [3.05, 3.63) is 46.8 Å². The molecule has 2 N–H and O–H groups in total. The largest absolute Gasteiger partial charge is 0.361 e. The number of nitrogens with one attached hydrogen (secondary N) is 2. The molecule has 0 radical (unpaired) electrons. The maximum absolute atomic E-state index is 12.0. The molecule has 5 nitrogen and oxygen atoms in total. The summed E-state index contributed by atoms with van der Waals surface area (Å²) in [5, 5.41) is 9.80. The maximum Gasteiger partial charge on any atom is 0.260 e. The fourth-order valence-electron chi connectivity index (χ4n) is 2.27. The van der Waals surface area contributed by atoms with E-state index in [-0.39, 0.29) is 5.91 Å². The van der Waals surface area contributed by atoms with Crippen molar-refractivity contribution in [2.45, 2.75) is 19.9 Å². The molecule has 0 saturated heterocycles. The van der Waals surface area contributed by atoms with Gasteiger partial charge in [-0.1, -0.05) is 11.2 Å². The van der Waals surface area contributed by atoms with Gasteiger partial charge in [-0.3, -0.25) is 4.79 Å². The van der Waals surface area contributed by atoms with Crippen LogP contribution in [0.5, 0.6) is 0 Å². The minimum absolute atomic E-state index is 0.192. The predicted octanol–water partition coefficient (Wildman–Crippen LogP) is 1.88. The highest BCUT2D eigenvalue weighted by molar-refractivity contribution is 6.04. The van der Waals surface area contributed by atoms with Crippen molar-refractivity contribution in [2.75, 3.05) is 11.9 Å². The fraction of sp³-hybridized carbons (Fsp3) is 0.286. The van der Waals surface area contributed by atoms with E-state index in [9.17, 15) is 4.79 Å². The first-order valence-electron chi connectivity index (χ1n) is 6.29. The SMILES string of the molecule is Cc1oncc1C(=O)Nc1ccc2c(c1)CNCC2. The molecule has 0 saturated carbocycles. The molecule has 0 atom stereocenters. The van der Waals surface area contributed by atoms with Crippen LogP contribution in [-0.2, 0) is 13.0 Å². The summed E-state index contributed by atoms with van der Waals surface area (Å²) in [7, 11) is 0. The monoisotopic (exact) mass is 257 g/mol. The van der Waals surface area contributed by atoms with Gasteiger partial charge >= 0.3 is 0 Å². The molecule has 3 rings (SSSR count). The average Bonchev–Trinajstić information content (AvgIpc) is 2.85. The molecule has 19 heavy (non-hydrogen) atoms. The Labute approximate surface area is 111 Å². The van der Waals surface area contributed by atoms with Gasteiger partial charge in [-0.15, -0.1) is 0 Å². The van der Waals surface area contributed by atoms with Crippen molar-refractivity contribution in [3.63, 3.8) is 0 Å². The summed E-state index contributed by atoms with van der Waals surface area (Å²) < 4.78 is 4.89. The minimum atomic E-state index is -0.192. The minimum Gasteiger partial charge on any atom is -0.361 e. The molecule has 2 heterocycles. The molecule has 0 bridgehead atoms. The number of aryl methyl sites for hydroxylation is 1. The smallest absolute Gasteiger partial charge is 0.260 e. The number of amides is 1. The molecular weight excluding hydrogens is 242 g/mol. The van der Waals surface area contributed by atoms with E-state index in [2.05, 4.69) is 21.9 Å². The standard InChI is InChI=1S/C14H15N3O2/c1-9-13(8-16-19-9)14(18)17-12-3-2-10-4-5-15-7-11(10)6-12/h2-3,6,8,15H,4-5,7H2,1H3,(H,17,18). The number of aromatic nitrogens is 1. The van der Waals surface area contributed by atoms with E-state index >= 15 is 0 Å². The summed E-state index contributed by atoms with van der Waals surface area (Å²) in [4.78, 5) is 12.0. The molecule has 1 aliphatic rings. The van der Waals surface area contributed by atoms with E-state index in [1.54, 1.807) is 6.92 Å². The lowest BCUT2D eigenvalue weighted by atomic mass is 10.0. The zero-order chi connectivity index (χ0) is 13.2. The first-order chi connectivity index (χ1) is 9.24. The highest BCUT2D eigenvalue weighted by atomic mass is 16.5. The van der Waals surface area contributed by atoms with Gasteiger partial charge in [0.25, 0.3) is 5.91 Å². The molecule has 2 aromatic rings. The second kappa shape index (κ2) is 4.85. The van der Waals surface area contributed by atoms with E-state index in [1.807, 2.05) is 12.1 Å². The Morgan fingerprint density at radius 1 is 1.42 bits per heavy atom. The van der Waals surface area contributed by atoms with Crippen LogP contribution in [0, 0.1) is 6.92 Å². The van der Waals surface area contributed by atoms with Gasteiger partial charge in [-0.05, 0) is 43.1 Å². The predicted molar refractivity (Wildman–Crippen MR) is 71.0 cm³/mol. The Balaban J connectivity index is 1.80. The summed E-state index contributed by atoms with van der Waals surface area (Å²) in [5.41, 5.74) is 3.85. The highest BCUT2D eigenvalue weighted by Gasteiger charge is 2.14. The third kappa shape index (κ3) is 2.37. The number of hydrogen-bond donors (Lipinski definition) is 2. The van der Waals surface area contributed by atoms with Crippen molar-refractivity contribution >= 4 is 11.6 Å². The lowest BCUT2D eigenvalue weighted by Gasteiger charge is -2.18. The van der Waals surface area contributed by atoms with Crippen molar-refractivity contribution < 1.29 is 9.32 Å². The first kappa shape index (κ1) is 11.9. The number of carbonyl (C=O) groups excluding carboxylic acids is 1. The number of carbonyl (C=O) groups is 1. The second-order valence-electron chi connectivity index (χ2n) is 4.66. The second-order valence-corrected chi connectivity index (χ2v) is 4.66. The van der Waals surface area contributed by atoms with E-state index in [4.69, 9.17) is 4.52 Å². The Morgan fingerprint density at radius 2 is 2.32 bits per heavy atom.